The molecule has 2 aromatic rings. The minimum atomic E-state index is -4.13. The molecule has 0 spiro atoms. The van der Waals surface area contributed by atoms with E-state index < -0.39 is 12.1 Å². The topological polar surface area (TPSA) is 62.3 Å². The maximum atomic E-state index is 12.9. The van der Waals surface area contributed by atoms with Crippen molar-refractivity contribution in [3.8, 4) is 0 Å². The van der Waals surface area contributed by atoms with Crippen molar-refractivity contribution in [2.45, 2.75) is 64.0 Å². The number of amides is 2. The Labute approximate surface area is 202 Å². The van der Waals surface area contributed by atoms with E-state index in [0.717, 1.165) is 42.2 Å². The summed E-state index contributed by atoms with van der Waals surface area (Å²) in [5, 5.41) is 4.03. The molecular weight excluding hydrogens is 463 g/mol. The zero-order valence-electron chi connectivity index (χ0n) is 19.3. The summed E-state index contributed by atoms with van der Waals surface area (Å²) in [4.78, 5) is 31.8. The van der Waals surface area contributed by atoms with Crippen molar-refractivity contribution in [2.24, 2.45) is 17.8 Å². The Balaban J connectivity index is 1.09. The maximum absolute atomic E-state index is 12.9. The average Bonchev–Trinajstić information content (AvgIpc) is 3.28. The van der Waals surface area contributed by atoms with Crippen LogP contribution in [0.5, 0.6) is 0 Å². The molecule has 1 aliphatic heterocycles. The highest BCUT2D eigenvalue weighted by Crippen LogP contribution is 2.40. The highest BCUT2D eigenvalue weighted by Gasteiger charge is 2.43. The Bertz CT molecular complexity index is 944. The molecule has 1 N–H and O–H groups in total. The number of thiophene rings is 1. The maximum Gasteiger partial charge on any atom is 0.391 e. The summed E-state index contributed by atoms with van der Waals surface area (Å²) in [6.45, 7) is 2.06. The van der Waals surface area contributed by atoms with E-state index in [9.17, 15) is 22.8 Å². The molecule has 0 unspecified atom stereocenters. The Kier molecular flexibility index (Phi) is 8.11. The first-order chi connectivity index (χ1) is 16.3. The summed E-state index contributed by atoms with van der Waals surface area (Å²) >= 11 is 1.45. The molecule has 1 saturated carbocycles. The van der Waals surface area contributed by atoms with Gasteiger partial charge in [-0.3, -0.25) is 14.6 Å². The number of carbonyl (C=O) groups is 2. The molecule has 1 saturated heterocycles. The number of carbonyl (C=O) groups excluding carboxylic acids is 2. The lowest BCUT2D eigenvalue weighted by Crippen LogP contribution is -2.43. The van der Waals surface area contributed by atoms with Crippen molar-refractivity contribution in [2.75, 3.05) is 19.6 Å². The van der Waals surface area contributed by atoms with Gasteiger partial charge in [0.25, 0.3) is 5.91 Å². The monoisotopic (exact) mass is 495 g/mol. The third kappa shape index (κ3) is 6.29. The summed E-state index contributed by atoms with van der Waals surface area (Å²) in [5.74, 6) is -0.905. The number of alkyl halides is 3. The van der Waals surface area contributed by atoms with Gasteiger partial charge < -0.3 is 10.2 Å². The molecule has 186 valence electrons. The predicted octanol–water partition coefficient (Wildman–Crippen LogP) is 5.80. The number of halogens is 3. The van der Waals surface area contributed by atoms with Gasteiger partial charge in [0.1, 0.15) is 0 Å². The highest BCUT2D eigenvalue weighted by atomic mass is 32.1. The van der Waals surface area contributed by atoms with E-state index in [4.69, 9.17) is 0 Å². The minimum Gasteiger partial charge on any atom is -0.351 e. The molecule has 34 heavy (non-hydrogen) atoms. The van der Waals surface area contributed by atoms with Crippen LogP contribution in [0.15, 0.2) is 24.5 Å². The van der Waals surface area contributed by atoms with Crippen LogP contribution in [0.1, 0.15) is 67.5 Å². The van der Waals surface area contributed by atoms with Crippen LogP contribution in [0.25, 0.3) is 10.1 Å². The standard InChI is InChI=1S/C25H32F3N3O2S/c26-25(27,28)20-6-4-18(5-7-20)24(33)31-13-9-17(10-14-31)3-1-2-11-30-23(32)21-15-19-8-12-29-16-22(19)34-21/h8,12,15-18,20H,1-7,9-11,13-14H2,(H,30,32). The first-order valence-corrected chi connectivity index (χ1v) is 13.1. The van der Waals surface area contributed by atoms with Crippen LogP contribution in [0.3, 0.4) is 0 Å². The number of rotatable bonds is 7. The quantitative estimate of drug-likeness (QED) is 0.494. The summed E-state index contributed by atoms with van der Waals surface area (Å²) in [6, 6.07) is 3.80. The second kappa shape index (κ2) is 11.1. The number of pyridine rings is 1. The normalized spacial score (nSPS) is 22.1. The van der Waals surface area contributed by atoms with Crippen molar-refractivity contribution >= 4 is 33.2 Å². The number of hydrogen-bond acceptors (Lipinski definition) is 4. The Morgan fingerprint density at radius 2 is 1.82 bits per heavy atom. The molecule has 1 aliphatic carbocycles. The molecular formula is C25H32F3N3O2S. The molecule has 0 aromatic carbocycles. The summed E-state index contributed by atoms with van der Waals surface area (Å²) in [6.07, 6.45) is 5.14. The Morgan fingerprint density at radius 3 is 2.50 bits per heavy atom. The molecule has 0 atom stereocenters. The number of nitrogens with zero attached hydrogens (tertiary/aromatic N) is 2. The zero-order chi connectivity index (χ0) is 24.1. The summed E-state index contributed by atoms with van der Waals surface area (Å²) in [5.41, 5.74) is 0. The molecule has 2 aliphatic rings. The largest absolute Gasteiger partial charge is 0.391 e. The van der Waals surface area contributed by atoms with Crippen LogP contribution >= 0.6 is 11.3 Å². The number of aromatic nitrogens is 1. The van der Waals surface area contributed by atoms with E-state index in [-0.39, 0.29) is 30.6 Å². The van der Waals surface area contributed by atoms with E-state index in [1.165, 1.54) is 11.3 Å². The van der Waals surface area contributed by atoms with Gasteiger partial charge in [-0.1, -0.05) is 12.8 Å². The van der Waals surface area contributed by atoms with Crippen molar-refractivity contribution < 1.29 is 22.8 Å². The van der Waals surface area contributed by atoms with Crippen LogP contribution < -0.4 is 5.32 Å². The SMILES string of the molecule is O=C(NCCCCC1CCN(C(=O)C2CCC(C(F)(F)F)CC2)CC1)c1cc2ccncc2s1. The predicted molar refractivity (Wildman–Crippen MR) is 127 cm³/mol. The molecule has 2 amide bonds. The van der Waals surface area contributed by atoms with Crippen molar-refractivity contribution in [3.05, 3.63) is 29.4 Å². The molecule has 3 heterocycles. The number of nitrogens with one attached hydrogen (secondary N) is 1. The van der Waals surface area contributed by atoms with Crippen LogP contribution in [-0.2, 0) is 4.79 Å². The summed E-state index contributed by atoms with van der Waals surface area (Å²) < 4.78 is 39.6. The smallest absolute Gasteiger partial charge is 0.351 e. The van der Waals surface area contributed by atoms with Crippen LogP contribution in [-0.4, -0.2) is 47.5 Å². The fraction of sp³-hybridized carbons (Fsp3) is 0.640. The van der Waals surface area contributed by atoms with Gasteiger partial charge in [-0.15, -0.1) is 11.3 Å². The number of fused-ring (bicyclic) bond motifs is 1. The molecule has 4 rings (SSSR count). The number of likely N-dealkylation sites (tertiary alicyclic amines) is 1. The van der Waals surface area contributed by atoms with Gasteiger partial charge in [0.2, 0.25) is 5.91 Å². The highest BCUT2D eigenvalue weighted by molar-refractivity contribution is 7.20. The van der Waals surface area contributed by atoms with Crippen LogP contribution in [0.2, 0.25) is 0 Å². The molecule has 5 nitrogen and oxygen atoms in total. The second-order valence-electron chi connectivity index (χ2n) is 9.63. The Hall–Kier alpha value is -2.16. The third-order valence-electron chi connectivity index (χ3n) is 7.34. The van der Waals surface area contributed by atoms with Crippen molar-refractivity contribution in [1.82, 2.24) is 15.2 Å². The fourth-order valence-corrected chi connectivity index (χ4v) is 6.16. The van der Waals surface area contributed by atoms with Crippen LogP contribution in [0, 0.1) is 17.8 Å². The zero-order valence-corrected chi connectivity index (χ0v) is 20.1. The van der Waals surface area contributed by atoms with Crippen molar-refractivity contribution in [1.29, 1.82) is 0 Å². The van der Waals surface area contributed by atoms with E-state index in [1.54, 1.807) is 12.4 Å². The van der Waals surface area contributed by atoms with Gasteiger partial charge in [0.15, 0.2) is 0 Å². The van der Waals surface area contributed by atoms with Crippen LogP contribution in [0.4, 0.5) is 13.2 Å². The van der Waals surface area contributed by atoms with Gasteiger partial charge in [-0.25, -0.2) is 0 Å². The van der Waals surface area contributed by atoms with Gasteiger partial charge in [-0.2, -0.15) is 13.2 Å². The minimum absolute atomic E-state index is 0.0442. The first-order valence-electron chi connectivity index (χ1n) is 12.3. The van der Waals surface area contributed by atoms with E-state index in [1.807, 2.05) is 17.0 Å². The van der Waals surface area contributed by atoms with Crippen molar-refractivity contribution in [3.63, 3.8) is 0 Å². The van der Waals surface area contributed by atoms with E-state index in [0.29, 0.717) is 43.3 Å². The number of hydrogen-bond donors (Lipinski definition) is 1. The average molecular weight is 496 g/mol. The number of piperidine rings is 1. The van der Waals surface area contributed by atoms with Gasteiger partial charge in [-0.05, 0) is 68.4 Å². The van der Waals surface area contributed by atoms with E-state index in [2.05, 4.69) is 10.3 Å². The molecule has 2 aromatic heterocycles. The first kappa shape index (κ1) is 24.9. The summed E-state index contributed by atoms with van der Waals surface area (Å²) in [7, 11) is 0. The molecule has 2 fully saturated rings. The molecule has 0 bridgehead atoms. The van der Waals surface area contributed by atoms with Gasteiger partial charge >= 0.3 is 6.18 Å². The van der Waals surface area contributed by atoms with Gasteiger partial charge in [0.05, 0.1) is 15.5 Å². The molecule has 0 radical (unpaired) electrons. The lowest BCUT2D eigenvalue weighted by molar-refractivity contribution is -0.185. The Morgan fingerprint density at radius 1 is 1.09 bits per heavy atom. The fourth-order valence-electron chi connectivity index (χ4n) is 5.21. The second-order valence-corrected chi connectivity index (χ2v) is 10.7. The lowest BCUT2D eigenvalue weighted by Gasteiger charge is -2.36. The lowest BCUT2D eigenvalue weighted by atomic mass is 9.80. The van der Waals surface area contributed by atoms with E-state index >= 15 is 0 Å². The third-order valence-corrected chi connectivity index (χ3v) is 8.42. The molecule has 9 heteroatoms. The van der Waals surface area contributed by atoms with Gasteiger partial charge in [0, 0.05) is 37.9 Å². The number of unbranched alkanes of at least 4 members (excludes halogenated alkanes) is 1.